The molecule has 2 unspecified atom stereocenters. The predicted octanol–water partition coefficient (Wildman–Crippen LogP) is 2.82. The Morgan fingerprint density at radius 2 is 2.00 bits per heavy atom. The van der Waals surface area contributed by atoms with Crippen LogP contribution in [0.15, 0.2) is 0 Å². The van der Waals surface area contributed by atoms with E-state index in [1.54, 1.807) is 0 Å². The summed E-state index contributed by atoms with van der Waals surface area (Å²) < 4.78 is 0. The number of piperidine rings is 1. The van der Waals surface area contributed by atoms with Crippen LogP contribution in [0.5, 0.6) is 0 Å². The number of aliphatic hydroxyl groups is 1. The highest BCUT2D eigenvalue weighted by atomic mass is 16.3. The van der Waals surface area contributed by atoms with Gasteiger partial charge in [0.1, 0.15) is 0 Å². The van der Waals surface area contributed by atoms with E-state index in [9.17, 15) is 9.90 Å². The molecule has 1 heterocycles. The predicted molar refractivity (Wildman–Crippen MR) is 76.7 cm³/mol. The molecule has 1 saturated carbocycles. The number of amides is 1. The van der Waals surface area contributed by atoms with E-state index in [1.165, 1.54) is 12.8 Å². The van der Waals surface area contributed by atoms with Crippen molar-refractivity contribution in [3.63, 3.8) is 0 Å². The van der Waals surface area contributed by atoms with E-state index in [0.717, 1.165) is 45.2 Å². The van der Waals surface area contributed by atoms with Gasteiger partial charge in [-0.05, 0) is 43.4 Å². The summed E-state index contributed by atoms with van der Waals surface area (Å²) in [6.45, 7) is 6.38. The molecule has 0 aromatic carbocycles. The maximum atomic E-state index is 12.5. The molecule has 0 bridgehead atoms. The van der Waals surface area contributed by atoms with Crippen molar-refractivity contribution in [2.45, 2.75) is 58.8 Å². The van der Waals surface area contributed by atoms with Crippen molar-refractivity contribution in [1.29, 1.82) is 0 Å². The van der Waals surface area contributed by atoms with Gasteiger partial charge in [-0.15, -0.1) is 0 Å². The minimum Gasteiger partial charge on any atom is -0.396 e. The third kappa shape index (κ3) is 3.31. The third-order valence-electron chi connectivity index (χ3n) is 5.51. The summed E-state index contributed by atoms with van der Waals surface area (Å²) in [5, 5.41) is 9.55. The second-order valence-electron chi connectivity index (χ2n) is 6.81. The zero-order chi connectivity index (χ0) is 13.9. The molecule has 2 aliphatic rings. The third-order valence-corrected chi connectivity index (χ3v) is 5.51. The van der Waals surface area contributed by atoms with Crippen LogP contribution in [0.2, 0.25) is 0 Å². The summed E-state index contributed by atoms with van der Waals surface area (Å²) in [6.07, 6.45) is 7.61. The van der Waals surface area contributed by atoms with Gasteiger partial charge in [0.25, 0.3) is 0 Å². The van der Waals surface area contributed by atoms with Crippen LogP contribution in [0.1, 0.15) is 58.8 Å². The molecule has 0 aromatic heterocycles. The first-order valence-corrected chi connectivity index (χ1v) is 8.00. The van der Waals surface area contributed by atoms with Crippen LogP contribution in [-0.2, 0) is 4.79 Å². The zero-order valence-corrected chi connectivity index (χ0v) is 12.5. The SMILES string of the molecule is CCC1(CO)CCN(C(=O)C2CCCC(C)C2)CC1. The van der Waals surface area contributed by atoms with E-state index in [0.29, 0.717) is 11.8 Å². The van der Waals surface area contributed by atoms with Crippen LogP contribution < -0.4 is 0 Å². The lowest BCUT2D eigenvalue weighted by Crippen LogP contribution is -2.47. The summed E-state index contributed by atoms with van der Waals surface area (Å²) >= 11 is 0. The average Bonchev–Trinajstić information content (AvgIpc) is 2.46. The van der Waals surface area contributed by atoms with E-state index < -0.39 is 0 Å². The summed E-state index contributed by atoms with van der Waals surface area (Å²) in [6, 6.07) is 0. The van der Waals surface area contributed by atoms with Gasteiger partial charge in [-0.3, -0.25) is 4.79 Å². The standard InChI is InChI=1S/C16H29NO2/c1-3-16(12-18)7-9-17(10-8-16)15(19)14-6-4-5-13(2)11-14/h13-14,18H,3-12H2,1-2H3. The maximum Gasteiger partial charge on any atom is 0.225 e. The number of rotatable bonds is 3. The fourth-order valence-corrected chi connectivity index (χ4v) is 3.74. The molecule has 2 atom stereocenters. The van der Waals surface area contributed by atoms with Crippen molar-refractivity contribution < 1.29 is 9.90 Å². The summed E-state index contributed by atoms with van der Waals surface area (Å²) in [7, 11) is 0. The number of carbonyl (C=O) groups is 1. The normalized spacial score (nSPS) is 31.2. The molecule has 3 heteroatoms. The monoisotopic (exact) mass is 267 g/mol. The molecule has 2 rings (SSSR count). The minimum atomic E-state index is 0.0800. The van der Waals surface area contributed by atoms with Gasteiger partial charge in [-0.1, -0.05) is 26.7 Å². The molecule has 1 saturated heterocycles. The van der Waals surface area contributed by atoms with Crippen LogP contribution in [0.4, 0.5) is 0 Å². The molecule has 3 nitrogen and oxygen atoms in total. The first-order valence-electron chi connectivity index (χ1n) is 8.00. The van der Waals surface area contributed by atoms with Crippen molar-refractivity contribution in [3.8, 4) is 0 Å². The molecule has 2 fully saturated rings. The quantitative estimate of drug-likeness (QED) is 0.854. The van der Waals surface area contributed by atoms with Crippen molar-refractivity contribution in [2.24, 2.45) is 17.3 Å². The molecule has 1 amide bonds. The number of aliphatic hydroxyl groups excluding tert-OH is 1. The Morgan fingerprint density at radius 1 is 1.32 bits per heavy atom. The van der Waals surface area contributed by atoms with Gasteiger partial charge < -0.3 is 10.0 Å². The van der Waals surface area contributed by atoms with Crippen molar-refractivity contribution in [1.82, 2.24) is 4.90 Å². The van der Waals surface area contributed by atoms with E-state index in [-0.39, 0.29) is 17.9 Å². The average molecular weight is 267 g/mol. The molecule has 0 radical (unpaired) electrons. The van der Waals surface area contributed by atoms with Crippen LogP contribution in [-0.4, -0.2) is 35.6 Å². The Balaban J connectivity index is 1.88. The Hall–Kier alpha value is -0.570. The van der Waals surface area contributed by atoms with Crippen molar-refractivity contribution >= 4 is 5.91 Å². The minimum absolute atomic E-state index is 0.0800. The lowest BCUT2D eigenvalue weighted by molar-refractivity contribution is -0.140. The molecule has 19 heavy (non-hydrogen) atoms. The highest BCUT2D eigenvalue weighted by Crippen LogP contribution is 2.36. The Morgan fingerprint density at radius 3 is 2.53 bits per heavy atom. The van der Waals surface area contributed by atoms with E-state index in [4.69, 9.17) is 0 Å². The first-order chi connectivity index (χ1) is 9.10. The second-order valence-corrected chi connectivity index (χ2v) is 6.81. The van der Waals surface area contributed by atoms with Gasteiger partial charge in [0.15, 0.2) is 0 Å². The molecule has 1 aliphatic carbocycles. The van der Waals surface area contributed by atoms with Crippen LogP contribution in [0.3, 0.4) is 0 Å². The Labute approximate surface area is 117 Å². The fraction of sp³-hybridized carbons (Fsp3) is 0.938. The van der Waals surface area contributed by atoms with Crippen LogP contribution >= 0.6 is 0 Å². The number of carbonyl (C=O) groups excluding carboxylic acids is 1. The van der Waals surface area contributed by atoms with Gasteiger partial charge in [0.05, 0.1) is 0 Å². The molecule has 0 spiro atoms. The topological polar surface area (TPSA) is 40.5 Å². The van der Waals surface area contributed by atoms with Gasteiger partial charge in [-0.25, -0.2) is 0 Å². The zero-order valence-electron chi connectivity index (χ0n) is 12.5. The molecule has 110 valence electrons. The van der Waals surface area contributed by atoms with Crippen LogP contribution in [0.25, 0.3) is 0 Å². The smallest absolute Gasteiger partial charge is 0.225 e. The molecule has 1 N–H and O–H groups in total. The highest BCUT2D eigenvalue weighted by molar-refractivity contribution is 5.79. The Bertz CT molecular complexity index is 302. The van der Waals surface area contributed by atoms with Gasteiger partial charge in [0, 0.05) is 25.6 Å². The fourth-order valence-electron chi connectivity index (χ4n) is 3.74. The number of likely N-dealkylation sites (tertiary alicyclic amines) is 1. The second kappa shape index (κ2) is 6.25. The largest absolute Gasteiger partial charge is 0.396 e. The first kappa shape index (κ1) is 14.8. The lowest BCUT2D eigenvalue weighted by atomic mass is 9.76. The number of hydrogen-bond donors (Lipinski definition) is 1. The highest BCUT2D eigenvalue weighted by Gasteiger charge is 2.36. The van der Waals surface area contributed by atoms with E-state index in [2.05, 4.69) is 18.7 Å². The van der Waals surface area contributed by atoms with Gasteiger partial charge in [0.2, 0.25) is 5.91 Å². The van der Waals surface area contributed by atoms with E-state index in [1.807, 2.05) is 0 Å². The summed E-state index contributed by atoms with van der Waals surface area (Å²) in [4.78, 5) is 14.6. The van der Waals surface area contributed by atoms with Crippen LogP contribution in [0, 0.1) is 17.3 Å². The maximum absolute atomic E-state index is 12.5. The van der Waals surface area contributed by atoms with Gasteiger partial charge >= 0.3 is 0 Å². The molecular formula is C16H29NO2. The number of nitrogens with zero attached hydrogens (tertiary/aromatic N) is 1. The molecular weight excluding hydrogens is 238 g/mol. The van der Waals surface area contributed by atoms with Crippen molar-refractivity contribution in [3.05, 3.63) is 0 Å². The Kier molecular flexibility index (Phi) is 4.88. The van der Waals surface area contributed by atoms with E-state index >= 15 is 0 Å². The molecule has 1 aliphatic heterocycles. The van der Waals surface area contributed by atoms with Gasteiger partial charge in [-0.2, -0.15) is 0 Å². The summed E-state index contributed by atoms with van der Waals surface area (Å²) in [5.74, 6) is 1.36. The number of hydrogen-bond acceptors (Lipinski definition) is 2. The lowest BCUT2D eigenvalue weighted by Gasteiger charge is -2.42. The van der Waals surface area contributed by atoms with Crippen molar-refractivity contribution in [2.75, 3.05) is 19.7 Å². The summed E-state index contributed by atoms with van der Waals surface area (Å²) in [5.41, 5.74) is 0.0800. The molecule has 0 aromatic rings.